The molecule has 0 aliphatic carbocycles. The average molecular weight is 292 g/mol. The van der Waals surface area contributed by atoms with Crippen LogP contribution < -0.4 is 0 Å². The van der Waals surface area contributed by atoms with Gasteiger partial charge in [-0.2, -0.15) is 0 Å². The van der Waals surface area contributed by atoms with Gasteiger partial charge in [-0.25, -0.2) is 0 Å². The van der Waals surface area contributed by atoms with Crippen molar-refractivity contribution in [2.75, 3.05) is 0 Å². The van der Waals surface area contributed by atoms with Crippen LogP contribution in [0, 0.1) is 5.92 Å². The smallest absolute Gasteiger partial charge is 0.147 e. The van der Waals surface area contributed by atoms with E-state index in [1.807, 2.05) is 6.07 Å². The number of alkyl halides is 1. The topological polar surface area (TPSA) is 30.7 Å². The van der Waals surface area contributed by atoms with Gasteiger partial charge in [0.25, 0.3) is 0 Å². The molecule has 0 saturated carbocycles. The molecule has 0 spiro atoms. The molecule has 0 radical (unpaired) electrons. The number of hydrogen-bond acceptors (Lipinski definition) is 2. The summed E-state index contributed by atoms with van der Waals surface area (Å²) in [5, 5.41) is 8.68. The molecule has 0 saturated heterocycles. The first-order chi connectivity index (χ1) is 9.72. The number of benzene rings is 1. The normalized spacial score (nSPS) is 14.2. The maximum absolute atomic E-state index is 5.96. The number of hydrogen-bond donors (Lipinski definition) is 0. The van der Waals surface area contributed by atoms with E-state index in [1.54, 1.807) is 0 Å². The fraction of sp³-hybridized carbons (Fsp3) is 0.500. The highest BCUT2D eigenvalue weighted by Crippen LogP contribution is 2.33. The molecule has 1 heterocycles. The van der Waals surface area contributed by atoms with Crippen LogP contribution in [-0.4, -0.2) is 14.8 Å². The quantitative estimate of drug-likeness (QED) is 0.746. The Morgan fingerprint density at radius 2 is 1.85 bits per heavy atom. The first-order valence-corrected chi connectivity index (χ1v) is 7.79. The molecule has 4 heteroatoms. The number of aromatic nitrogens is 3. The summed E-state index contributed by atoms with van der Waals surface area (Å²) < 4.78 is 2.15. The fourth-order valence-corrected chi connectivity index (χ4v) is 2.85. The molecule has 0 bridgehead atoms. The third-order valence-electron chi connectivity index (χ3n) is 3.94. The van der Waals surface area contributed by atoms with Crippen LogP contribution in [0.4, 0.5) is 0 Å². The molecular weight excluding hydrogens is 270 g/mol. The van der Waals surface area contributed by atoms with Crippen LogP contribution in [0.2, 0.25) is 0 Å². The predicted molar refractivity (Wildman–Crippen MR) is 83.0 cm³/mol. The lowest BCUT2D eigenvalue weighted by Crippen LogP contribution is -2.17. The van der Waals surface area contributed by atoms with E-state index in [2.05, 4.69) is 59.8 Å². The zero-order valence-electron chi connectivity index (χ0n) is 12.4. The first kappa shape index (κ1) is 15.0. The van der Waals surface area contributed by atoms with Crippen LogP contribution in [0.5, 0.6) is 0 Å². The van der Waals surface area contributed by atoms with Crippen LogP contribution in [0.3, 0.4) is 0 Å². The summed E-state index contributed by atoms with van der Waals surface area (Å²) in [4.78, 5) is 0. The second-order valence-electron chi connectivity index (χ2n) is 5.13. The largest absolute Gasteiger partial charge is 0.314 e. The lowest BCUT2D eigenvalue weighted by Gasteiger charge is -2.23. The minimum absolute atomic E-state index is 0.269. The van der Waals surface area contributed by atoms with Gasteiger partial charge < -0.3 is 4.57 Å². The Kier molecular flexibility index (Phi) is 5.18. The van der Waals surface area contributed by atoms with Crippen molar-refractivity contribution in [1.29, 1.82) is 0 Å². The molecule has 0 fully saturated rings. The van der Waals surface area contributed by atoms with Crippen LogP contribution in [0.1, 0.15) is 50.3 Å². The van der Waals surface area contributed by atoms with Crippen molar-refractivity contribution in [3.05, 3.63) is 47.5 Å². The molecule has 3 nitrogen and oxygen atoms in total. The van der Waals surface area contributed by atoms with Gasteiger partial charge in [0.15, 0.2) is 0 Å². The molecule has 2 rings (SSSR count). The van der Waals surface area contributed by atoms with Gasteiger partial charge in [-0.15, -0.1) is 21.8 Å². The van der Waals surface area contributed by atoms with Crippen LogP contribution in [0.15, 0.2) is 30.3 Å². The minimum Gasteiger partial charge on any atom is -0.314 e. The Hall–Kier alpha value is -1.35. The zero-order chi connectivity index (χ0) is 14.5. The molecule has 20 heavy (non-hydrogen) atoms. The van der Waals surface area contributed by atoms with E-state index in [4.69, 9.17) is 11.6 Å². The van der Waals surface area contributed by atoms with Gasteiger partial charge in [-0.3, -0.25) is 0 Å². The summed E-state index contributed by atoms with van der Waals surface area (Å²) in [6.07, 6.45) is 1.10. The fourth-order valence-electron chi connectivity index (χ4n) is 2.65. The molecule has 1 aromatic heterocycles. The molecule has 0 aliphatic rings. The second-order valence-corrected chi connectivity index (χ2v) is 5.39. The van der Waals surface area contributed by atoms with Gasteiger partial charge in [0.1, 0.15) is 11.6 Å². The van der Waals surface area contributed by atoms with Crippen molar-refractivity contribution < 1.29 is 0 Å². The molecule has 0 aliphatic heterocycles. The molecule has 1 aromatic carbocycles. The molecular formula is C16H22ClN3. The SMILES string of the molecule is CCC(C)C(c1ccccc1)c1nnc(CCl)n1CC. The average Bonchev–Trinajstić information content (AvgIpc) is 2.91. The Labute approximate surface area is 126 Å². The van der Waals surface area contributed by atoms with E-state index < -0.39 is 0 Å². The third-order valence-corrected chi connectivity index (χ3v) is 4.18. The summed E-state index contributed by atoms with van der Waals surface area (Å²) in [5.41, 5.74) is 1.30. The van der Waals surface area contributed by atoms with Crippen molar-refractivity contribution in [3.63, 3.8) is 0 Å². The van der Waals surface area contributed by atoms with Crippen LogP contribution in [0.25, 0.3) is 0 Å². The predicted octanol–water partition coefficient (Wildman–Crippen LogP) is 4.21. The summed E-state index contributed by atoms with van der Waals surface area (Å²) >= 11 is 5.96. The van der Waals surface area contributed by atoms with Crippen LogP contribution >= 0.6 is 11.6 Å². The lowest BCUT2D eigenvalue weighted by atomic mass is 9.85. The number of halogens is 1. The van der Waals surface area contributed by atoms with Crippen molar-refractivity contribution in [2.24, 2.45) is 5.92 Å². The van der Waals surface area contributed by atoms with Crippen LogP contribution in [-0.2, 0) is 12.4 Å². The van der Waals surface area contributed by atoms with Gasteiger partial charge in [0, 0.05) is 12.5 Å². The van der Waals surface area contributed by atoms with E-state index in [9.17, 15) is 0 Å². The zero-order valence-corrected chi connectivity index (χ0v) is 13.1. The van der Waals surface area contributed by atoms with Crippen molar-refractivity contribution in [2.45, 2.75) is 45.5 Å². The molecule has 2 atom stereocenters. The van der Waals surface area contributed by atoms with E-state index in [0.29, 0.717) is 11.8 Å². The molecule has 2 unspecified atom stereocenters. The maximum Gasteiger partial charge on any atom is 0.147 e. The molecule has 2 aromatic rings. The first-order valence-electron chi connectivity index (χ1n) is 7.25. The van der Waals surface area contributed by atoms with E-state index >= 15 is 0 Å². The number of rotatable bonds is 6. The Bertz CT molecular complexity index is 536. The van der Waals surface area contributed by atoms with Gasteiger partial charge in [-0.05, 0) is 18.4 Å². The summed E-state index contributed by atoms with van der Waals surface area (Å²) in [6, 6.07) is 10.6. The second kappa shape index (κ2) is 6.89. The van der Waals surface area contributed by atoms with Crippen molar-refractivity contribution in [1.82, 2.24) is 14.8 Å². The van der Waals surface area contributed by atoms with E-state index in [0.717, 1.165) is 24.6 Å². The molecule has 108 valence electrons. The van der Waals surface area contributed by atoms with Crippen molar-refractivity contribution >= 4 is 11.6 Å². The Morgan fingerprint density at radius 1 is 1.15 bits per heavy atom. The highest BCUT2D eigenvalue weighted by Gasteiger charge is 2.26. The Morgan fingerprint density at radius 3 is 2.40 bits per heavy atom. The summed E-state index contributed by atoms with van der Waals surface area (Å²) in [5.74, 6) is 3.07. The summed E-state index contributed by atoms with van der Waals surface area (Å²) in [6.45, 7) is 7.45. The highest BCUT2D eigenvalue weighted by atomic mass is 35.5. The lowest BCUT2D eigenvalue weighted by molar-refractivity contribution is 0.460. The number of nitrogens with zero attached hydrogens (tertiary/aromatic N) is 3. The Balaban J connectivity index is 2.50. The standard InChI is InChI=1S/C16H22ClN3/c1-4-12(3)15(13-9-7-6-8-10-13)16-19-18-14(11-17)20(16)5-2/h6-10,12,15H,4-5,11H2,1-3H3. The van der Waals surface area contributed by atoms with E-state index in [1.165, 1.54) is 5.56 Å². The third kappa shape index (κ3) is 2.88. The van der Waals surface area contributed by atoms with Crippen molar-refractivity contribution in [3.8, 4) is 0 Å². The summed E-state index contributed by atoms with van der Waals surface area (Å²) in [7, 11) is 0. The highest BCUT2D eigenvalue weighted by molar-refractivity contribution is 6.16. The van der Waals surface area contributed by atoms with Gasteiger partial charge in [-0.1, -0.05) is 50.6 Å². The minimum atomic E-state index is 0.269. The molecule has 0 amide bonds. The van der Waals surface area contributed by atoms with Gasteiger partial charge >= 0.3 is 0 Å². The maximum atomic E-state index is 5.96. The van der Waals surface area contributed by atoms with E-state index in [-0.39, 0.29) is 5.92 Å². The van der Waals surface area contributed by atoms with Gasteiger partial charge in [0.05, 0.1) is 5.88 Å². The van der Waals surface area contributed by atoms with Gasteiger partial charge in [0.2, 0.25) is 0 Å². The molecule has 0 N–H and O–H groups in total. The monoisotopic (exact) mass is 291 g/mol.